The van der Waals surface area contributed by atoms with E-state index in [4.69, 9.17) is 9.47 Å². The summed E-state index contributed by atoms with van der Waals surface area (Å²) >= 11 is 1.64. The van der Waals surface area contributed by atoms with E-state index in [9.17, 15) is 38.3 Å². The van der Waals surface area contributed by atoms with Gasteiger partial charge in [-0.15, -0.1) is 16.4 Å². The van der Waals surface area contributed by atoms with E-state index in [1.807, 2.05) is 31.5 Å². The second kappa shape index (κ2) is 28.7. The molecule has 2 aliphatic heterocycles. The number of unbranched alkanes of at least 4 members (excludes halogenated alkanes) is 1. The highest BCUT2D eigenvalue weighted by Gasteiger charge is 2.46. The molecule has 2 unspecified atom stereocenters. The van der Waals surface area contributed by atoms with Crippen molar-refractivity contribution in [1.29, 1.82) is 0 Å². The highest BCUT2D eigenvalue weighted by Crippen LogP contribution is 2.28. The van der Waals surface area contributed by atoms with E-state index in [2.05, 4.69) is 68.5 Å². The molecule has 4 amide bonds. The predicted octanol–water partition coefficient (Wildman–Crippen LogP) is 3.98. The fourth-order valence-electron chi connectivity index (χ4n) is 6.17. The summed E-state index contributed by atoms with van der Waals surface area (Å²) in [6.07, 6.45) is 5.85. The van der Waals surface area contributed by atoms with Crippen molar-refractivity contribution in [3.63, 3.8) is 0 Å². The largest absolute Gasteiger partial charge is 0.468 e. The molecule has 2 aromatic heterocycles. The zero-order chi connectivity index (χ0) is 49.4. The van der Waals surface area contributed by atoms with E-state index in [0.717, 1.165) is 29.4 Å². The lowest BCUT2D eigenvalue weighted by atomic mass is 9.81. The number of thiazole rings is 1. The summed E-state index contributed by atoms with van der Waals surface area (Å²) in [5.41, 5.74) is 5.66. The number of ketones is 1. The molecule has 67 heavy (non-hydrogen) atoms. The Labute approximate surface area is 394 Å². The molecule has 18 nitrogen and oxygen atoms in total. The molecule has 4 aromatic rings. The highest BCUT2D eigenvalue weighted by molar-refractivity contribution is 7.13. The van der Waals surface area contributed by atoms with Crippen molar-refractivity contribution in [2.45, 2.75) is 79.5 Å². The van der Waals surface area contributed by atoms with Crippen molar-refractivity contribution in [1.82, 2.24) is 40.8 Å². The van der Waals surface area contributed by atoms with Gasteiger partial charge in [0, 0.05) is 49.1 Å². The summed E-state index contributed by atoms with van der Waals surface area (Å²) in [5.74, 6) is -2.57. The summed E-state index contributed by atoms with van der Waals surface area (Å²) in [6, 6.07) is 12.4. The molecule has 0 aliphatic carbocycles. The Hall–Kier alpha value is -6.22. The van der Waals surface area contributed by atoms with Gasteiger partial charge in [0.05, 0.1) is 67.9 Å². The van der Waals surface area contributed by atoms with Crippen molar-refractivity contribution in [2.75, 3.05) is 59.7 Å². The number of Topliss-reactive ketones (excluding diaryl/α,β-unsaturated/α-hetero) is 1. The van der Waals surface area contributed by atoms with E-state index in [-0.39, 0.29) is 69.9 Å². The summed E-state index contributed by atoms with van der Waals surface area (Å²) in [7, 11) is 1.25. The van der Waals surface area contributed by atoms with Gasteiger partial charge in [0.25, 0.3) is 5.91 Å². The molecule has 4 N–H and O–H groups in total. The van der Waals surface area contributed by atoms with Crippen LogP contribution in [-0.2, 0) is 57.7 Å². The number of aromatic nitrogens is 4. The Morgan fingerprint density at radius 1 is 1.10 bits per heavy atom. The Morgan fingerprint density at radius 2 is 1.84 bits per heavy atom. The average Bonchev–Trinajstić information content (AvgIpc) is 4.11. The number of β-amino-alcohol motifs (C(OH)–C–C–N with tert-alkyl or cyclic N) is 1. The third-order valence-corrected chi connectivity index (χ3v) is 11.3. The van der Waals surface area contributed by atoms with Gasteiger partial charge in [-0.05, 0) is 49.9 Å². The number of nitrogens with zero attached hydrogens (tertiary/aromatic N) is 5. The number of nitrogens with one attached hydrogen (secondary N) is 3. The Kier molecular flexibility index (Phi) is 23.6. The van der Waals surface area contributed by atoms with Gasteiger partial charge in [-0.1, -0.05) is 75.7 Å². The van der Waals surface area contributed by atoms with Crippen LogP contribution in [0, 0.1) is 18.2 Å². The number of esters is 1. The van der Waals surface area contributed by atoms with E-state index >= 15 is 0 Å². The minimum Gasteiger partial charge on any atom is -0.468 e. The molecule has 0 spiro atoms. The lowest BCUT2D eigenvalue weighted by molar-refractivity contribution is -0.162. The first-order valence-electron chi connectivity index (χ1n) is 21.9. The summed E-state index contributed by atoms with van der Waals surface area (Å²) < 4.78 is 30.7. The normalized spacial score (nSPS) is 16.2. The van der Waals surface area contributed by atoms with Gasteiger partial charge in [0.15, 0.2) is 11.2 Å². The minimum atomic E-state index is -1.20. The minimum absolute atomic E-state index is 0.0670. The van der Waals surface area contributed by atoms with E-state index in [0.29, 0.717) is 37.1 Å². The van der Waals surface area contributed by atoms with Crippen LogP contribution in [0.2, 0.25) is 0 Å². The molecular formula is C47H63FN8O10S. The van der Waals surface area contributed by atoms with Gasteiger partial charge in [0.1, 0.15) is 12.4 Å². The number of methoxy groups -OCH3 is 1. The average molecular weight is 951 g/mol. The van der Waals surface area contributed by atoms with Gasteiger partial charge in [-0.2, -0.15) is 0 Å². The number of hydrogen-bond donors (Lipinski definition) is 4. The predicted molar refractivity (Wildman–Crippen MR) is 249 cm³/mol. The first-order chi connectivity index (χ1) is 32.1. The third kappa shape index (κ3) is 17.8. The van der Waals surface area contributed by atoms with Crippen LogP contribution >= 0.6 is 11.3 Å². The lowest BCUT2D eigenvalue weighted by Gasteiger charge is -2.29. The second-order valence-corrected chi connectivity index (χ2v) is 16.5. The molecule has 2 atom stereocenters. The number of likely N-dealkylation sites (tertiary alicyclic amines) is 1. The number of carbonyl (C=O) groups excluding carboxylic acids is 6. The fourth-order valence-corrected chi connectivity index (χ4v) is 6.98. The maximum absolute atomic E-state index is 14.4. The number of aryl methyl sites for hydroxylation is 2. The summed E-state index contributed by atoms with van der Waals surface area (Å²) in [6.45, 7) is 14.9. The Balaban J connectivity index is 0.000000295. The number of aliphatic hydroxyl groups excluding tert-OH is 1. The molecule has 4 heterocycles. The van der Waals surface area contributed by atoms with E-state index < -0.39 is 35.1 Å². The zero-order valence-corrected chi connectivity index (χ0v) is 39.9. The molecular weight excluding hydrogens is 888 g/mol. The molecule has 2 fully saturated rings. The second-order valence-electron chi connectivity index (χ2n) is 15.6. The van der Waals surface area contributed by atoms with Crippen molar-refractivity contribution in [3.8, 4) is 10.4 Å². The quantitative estimate of drug-likeness (QED) is 0.0386. The van der Waals surface area contributed by atoms with Crippen LogP contribution in [-0.4, -0.2) is 132 Å². The van der Waals surface area contributed by atoms with Crippen molar-refractivity contribution in [2.24, 2.45) is 5.41 Å². The van der Waals surface area contributed by atoms with Crippen molar-refractivity contribution in [3.05, 3.63) is 100 Å². The molecule has 0 radical (unpaired) electrons. The van der Waals surface area contributed by atoms with Crippen LogP contribution in [0.3, 0.4) is 0 Å². The first-order valence-corrected chi connectivity index (χ1v) is 22.8. The Bertz CT molecular complexity index is 2250. The monoisotopic (exact) mass is 950 g/mol. The Morgan fingerprint density at radius 3 is 2.42 bits per heavy atom. The fraction of sp³-hybridized carbons (Fsp3) is 0.468. The lowest BCUT2D eigenvalue weighted by Crippen LogP contribution is -2.46. The molecule has 0 saturated carbocycles. The summed E-state index contributed by atoms with van der Waals surface area (Å²) in [5, 5.41) is 25.0. The number of benzene rings is 2. The molecule has 0 bridgehead atoms. The van der Waals surface area contributed by atoms with Gasteiger partial charge >= 0.3 is 5.97 Å². The van der Waals surface area contributed by atoms with Crippen molar-refractivity contribution < 1.29 is 52.5 Å². The number of amides is 4. The van der Waals surface area contributed by atoms with Crippen LogP contribution in [0.5, 0.6) is 0 Å². The molecule has 6 rings (SSSR count). The highest BCUT2D eigenvalue weighted by atomic mass is 32.1. The van der Waals surface area contributed by atoms with Crippen LogP contribution in [0.15, 0.2) is 66.3 Å². The van der Waals surface area contributed by atoms with Crippen LogP contribution in [0.25, 0.3) is 10.4 Å². The first kappa shape index (κ1) is 55.1. The number of carbonyl (C=O) groups is 6. The number of ether oxygens (including phenoxy) is 3. The van der Waals surface area contributed by atoms with E-state index in [1.165, 1.54) is 59.0 Å². The zero-order valence-electron chi connectivity index (χ0n) is 39.1. The van der Waals surface area contributed by atoms with Crippen LogP contribution in [0.1, 0.15) is 79.8 Å². The topological polar surface area (TPSA) is 233 Å². The standard InChI is InChI=1S/C22H29FN6O5.C12H12N2OS.C9H12O4.C4H10/c1-2-17-12-29(27-26-17)11-16-4-3-15(9-19(16)23)22(33)24-6-8-34-14-20(31)25-10-21(32)28-7-5-18(30)13-28;1-9-12(16-8-14-9)11-4-2-10(3-5-11)6-13-7-15;1-6-4-13-5-9(2,7(6)10)8(11)12-3;1-3-4-2/h3-4,9,12,18,30H,2,5-8,10-11,13-14H2,1H3,(H,24,33)(H,25,31);2-5,7-8H,6H2,1H3,(H,13,15);1,4-5H2,2-3H3;3-4H2,1-2H3. The van der Waals surface area contributed by atoms with Crippen LogP contribution < -0.4 is 16.0 Å². The molecule has 20 heteroatoms. The molecule has 2 aliphatic rings. The number of rotatable bonds is 17. The molecule has 2 aromatic carbocycles. The summed E-state index contributed by atoms with van der Waals surface area (Å²) in [4.78, 5) is 75.8. The SMILES string of the molecule is C=C1COCC(C)(C(=O)OC)C1=O.CCCC.CCc1cn(Cc2ccc(C(=O)NCCOCC(=O)NCC(=O)N3CCC(O)C3)cc2F)nn1.Cc1ncsc1-c1ccc(CNC=O)cc1. The maximum atomic E-state index is 14.4. The molecule has 2 saturated heterocycles. The number of halogens is 1. The van der Waals surface area contributed by atoms with Gasteiger partial charge in [-0.25, -0.2) is 14.1 Å². The molecule has 364 valence electrons. The van der Waals surface area contributed by atoms with Gasteiger partial charge in [0.2, 0.25) is 18.2 Å². The van der Waals surface area contributed by atoms with Gasteiger partial charge in [-0.3, -0.25) is 28.8 Å². The maximum Gasteiger partial charge on any atom is 0.321 e. The number of hydrogen-bond acceptors (Lipinski definition) is 14. The number of aliphatic hydroxyl groups is 1. The van der Waals surface area contributed by atoms with E-state index in [1.54, 1.807) is 17.5 Å². The third-order valence-electron chi connectivity index (χ3n) is 10.3. The van der Waals surface area contributed by atoms with Gasteiger partial charge < -0.3 is 40.2 Å². The van der Waals surface area contributed by atoms with Crippen LogP contribution in [0.4, 0.5) is 4.39 Å². The smallest absolute Gasteiger partial charge is 0.321 e. The van der Waals surface area contributed by atoms with Crippen molar-refractivity contribution >= 4 is 47.2 Å².